The molecule has 11 heavy (non-hydrogen) atoms. The van der Waals surface area contributed by atoms with Gasteiger partial charge in [-0.2, -0.15) is 0 Å². The maximum Gasteiger partial charge on any atom is -0.0386 e. The Balaban J connectivity index is 1.96. The van der Waals surface area contributed by atoms with Crippen LogP contribution in [-0.2, 0) is 0 Å². The minimum absolute atomic E-state index is 1.08. The topological polar surface area (TPSA) is 0 Å². The third kappa shape index (κ3) is 3.79. The number of rotatable bonds is 4. The van der Waals surface area contributed by atoms with Gasteiger partial charge in [-0.1, -0.05) is 45.4 Å². The van der Waals surface area contributed by atoms with Crippen LogP contribution in [0.5, 0.6) is 0 Å². The first kappa shape index (κ1) is 9.09. The van der Waals surface area contributed by atoms with Crippen LogP contribution in [0.3, 0.4) is 0 Å². The standard InChI is InChI=1S/C11H21/c1-2-3-5-8-11-9-6-4-7-10-11/h4,11H,2-3,5-10H2,1H3. The van der Waals surface area contributed by atoms with Crippen LogP contribution in [0.4, 0.5) is 0 Å². The second kappa shape index (κ2) is 5.62. The van der Waals surface area contributed by atoms with E-state index in [2.05, 4.69) is 13.3 Å². The highest BCUT2D eigenvalue weighted by atomic mass is 14.2. The fourth-order valence-corrected chi connectivity index (χ4v) is 1.97. The zero-order valence-electron chi connectivity index (χ0n) is 7.81. The number of unbranched alkanes of at least 4 members (excludes halogenated alkanes) is 2. The van der Waals surface area contributed by atoms with Gasteiger partial charge < -0.3 is 0 Å². The van der Waals surface area contributed by atoms with E-state index in [1.54, 1.807) is 0 Å². The number of hydrogen-bond acceptors (Lipinski definition) is 0. The summed E-state index contributed by atoms with van der Waals surface area (Å²) in [6.07, 6.45) is 14.0. The Morgan fingerprint density at radius 1 is 1.18 bits per heavy atom. The van der Waals surface area contributed by atoms with Crippen molar-refractivity contribution in [2.45, 2.75) is 58.3 Å². The first-order chi connectivity index (χ1) is 5.43. The number of hydrogen-bond donors (Lipinski definition) is 0. The van der Waals surface area contributed by atoms with Crippen molar-refractivity contribution in [1.82, 2.24) is 0 Å². The lowest BCUT2D eigenvalue weighted by atomic mass is 9.86. The summed E-state index contributed by atoms with van der Waals surface area (Å²) in [6, 6.07) is 0. The third-order valence-electron chi connectivity index (χ3n) is 2.77. The summed E-state index contributed by atoms with van der Waals surface area (Å²) in [6.45, 7) is 2.29. The van der Waals surface area contributed by atoms with Crippen LogP contribution in [-0.4, -0.2) is 0 Å². The average Bonchev–Trinajstić information content (AvgIpc) is 2.07. The molecule has 0 aromatic heterocycles. The quantitative estimate of drug-likeness (QED) is 0.536. The third-order valence-corrected chi connectivity index (χ3v) is 2.77. The summed E-state index contributed by atoms with van der Waals surface area (Å²) in [5.74, 6) is 1.08. The van der Waals surface area contributed by atoms with E-state index in [0.717, 1.165) is 5.92 Å². The van der Waals surface area contributed by atoms with Gasteiger partial charge in [-0.05, 0) is 25.2 Å². The predicted molar refractivity (Wildman–Crippen MR) is 50.4 cm³/mol. The Morgan fingerprint density at radius 3 is 2.55 bits per heavy atom. The summed E-state index contributed by atoms with van der Waals surface area (Å²) in [5.41, 5.74) is 0. The molecule has 0 aliphatic heterocycles. The second-order valence-corrected chi connectivity index (χ2v) is 3.81. The van der Waals surface area contributed by atoms with E-state index in [4.69, 9.17) is 0 Å². The summed E-state index contributed by atoms with van der Waals surface area (Å²) >= 11 is 0. The molecule has 1 aliphatic carbocycles. The molecule has 0 saturated heterocycles. The van der Waals surface area contributed by atoms with Gasteiger partial charge >= 0.3 is 0 Å². The molecular formula is C11H21. The largest absolute Gasteiger partial charge is 0.0654 e. The molecule has 0 atom stereocenters. The van der Waals surface area contributed by atoms with Gasteiger partial charge in [-0.15, -0.1) is 0 Å². The fourth-order valence-electron chi connectivity index (χ4n) is 1.97. The smallest absolute Gasteiger partial charge is 0.0386 e. The van der Waals surface area contributed by atoms with Gasteiger partial charge in [-0.25, -0.2) is 0 Å². The molecule has 0 aromatic carbocycles. The van der Waals surface area contributed by atoms with Gasteiger partial charge in [0.15, 0.2) is 0 Å². The average molecular weight is 153 g/mol. The van der Waals surface area contributed by atoms with Crippen molar-refractivity contribution < 1.29 is 0 Å². The molecule has 0 bridgehead atoms. The molecule has 65 valence electrons. The van der Waals surface area contributed by atoms with Crippen molar-refractivity contribution in [3.05, 3.63) is 6.42 Å². The van der Waals surface area contributed by atoms with Crippen molar-refractivity contribution in [1.29, 1.82) is 0 Å². The molecule has 0 spiro atoms. The molecule has 0 heterocycles. The van der Waals surface area contributed by atoms with Gasteiger partial charge in [0.25, 0.3) is 0 Å². The maximum atomic E-state index is 2.45. The second-order valence-electron chi connectivity index (χ2n) is 3.81. The van der Waals surface area contributed by atoms with E-state index in [1.165, 1.54) is 51.4 Å². The van der Waals surface area contributed by atoms with E-state index in [0.29, 0.717) is 0 Å². The molecule has 0 nitrogen and oxygen atoms in total. The molecule has 0 amide bonds. The van der Waals surface area contributed by atoms with Gasteiger partial charge in [0.05, 0.1) is 0 Å². The Kier molecular flexibility index (Phi) is 4.65. The predicted octanol–water partition coefficient (Wildman–Crippen LogP) is 3.96. The van der Waals surface area contributed by atoms with Gasteiger partial charge in [0.2, 0.25) is 0 Å². The highest BCUT2D eigenvalue weighted by molar-refractivity contribution is 4.76. The van der Waals surface area contributed by atoms with Crippen LogP contribution in [0, 0.1) is 12.3 Å². The SMILES string of the molecule is CCCCCC1CC[CH]CC1. The minimum atomic E-state index is 1.08. The first-order valence-corrected chi connectivity index (χ1v) is 5.25. The monoisotopic (exact) mass is 153 g/mol. The molecular weight excluding hydrogens is 132 g/mol. The first-order valence-electron chi connectivity index (χ1n) is 5.25. The summed E-state index contributed by atoms with van der Waals surface area (Å²) in [5, 5.41) is 0. The van der Waals surface area contributed by atoms with Crippen LogP contribution in [0.15, 0.2) is 0 Å². The molecule has 0 unspecified atom stereocenters. The summed E-state index contributed by atoms with van der Waals surface area (Å²) < 4.78 is 0. The normalized spacial score (nSPS) is 20.5. The molecule has 1 saturated carbocycles. The molecule has 1 fully saturated rings. The lowest BCUT2D eigenvalue weighted by molar-refractivity contribution is 0.367. The van der Waals surface area contributed by atoms with E-state index < -0.39 is 0 Å². The Hall–Kier alpha value is 0. The van der Waals surface area contributed by atoms with Crippen LogP contribution in [0.1, 0.15) is 58.3 Å². The zero-order valence-corrected chi connectivity index (χ0v) is 7.81. The van der Waals surface area contributed by atoms with Crippen LogP contribution in [0.2, 0.25) is 0 Å². The summed E-state index contributed by atoms with van der Waals surface area (Å²) in [4.78, 5) is 0. The van der Waals surface area contributed by atoms with Crippen molar-refractivity contribution in [2.75, 3.05) is 0 Å². The van der Waals surface area contributed by atoms with Crippen molar-refractivity contribution >= 4 is 0 Å². The van der Waals surface area contributed by atoms with E-state index in [1.807, 2.05) is 0 Å². The van der Waals surface area contributed by atoms with Crippen molar-refractivity contribution in [3.8, 4) is 0 Å². The Bertz CT molecular complexity index is 80.0. The highest BCUT2D eigenvalue weighted by Gasteiger charge is 2.12. The molecule has 0 aromatic rings. The van der Waals surface area contributed by atoms with Crippen LogP contribution < -0.4 is 0 Å². The molecule has 1 radical (unpaired) electrons. The molecule has 0 heteroatoms. The van der Waals surface area contributed by atoms with Crippen molar-refractivity contribution in [2.24, 2.45) is 5.92 Å². The molecule has 1 rings (SSSR count). The highest BCUT2D eigenvalue weighted by Crippen LogP contribution is 2.27. The maximum absolute atomic E-state index is 2.45. The summed E-state index contributed by atoms with van der Waals surface area (Å²) in [7, 11) is 0. The Labute approximate surface area is 71.4 Å². The van der Waals surface area contributed by atoms with E-state index >= 15 is 0 Å². The lowest BCUT2D eigenvalue weighted by Gasteiger charge is -2.20. The van der Waals surface area contributed by atoms with Gasteiger partial charge in [0, 0.05) is 0 Å². The lowest BCUT2D eigenvalue weighted by Crippen LogP contribution is -2.05. The van der Waals surface area contributed by atoms with Gasteiger partial charge in [0.1, 0.15) is 0 Å². The van der Waals surface area contributed by atoms with Gasteiger partial charge in [-0.3, -0.25) is 0 Å². The fraction of sp³-hybridized carbons (Fsp3) is 0.909. The molecule has 0 N–H and O–H groups in total. The van der Waals surface area contributed by atoms with Crippen LogP contribution >= 0.6 is 0 Å². The Morgan fingerprint density at radius 2 is 1.91 bits per heavy atom. The van der Waals surface area contributed by atoms with E-state index in [9.17, 15) is 0 Å². The van der Waals surface area contributed by atoms with E-state index in [-0.39, 0.29) is 0 Å². The zero-order chi connectivity index (χ0) is 7.94. The van der Waals surface area contributed by atoms with Crippen LogP contribution in [0.25, 0.3) is 0 Å². The minimum Gasteiger partial charge on any atom is -0.0654 e. The van der Waals surface area contributed by atoms with Crippen molar-refractivity contribution in [3.63, 3.8) is 0 Å². The molecule has 1 aliphatic rings.